The van der Waals surface area contributed by atoms with E-state index >= 15 is 0 Å². The Labute approximate surface area is 123 Å². The van der Waals surface area contributed by atoms with E-state index in [9.17, 15) is 0 Å². The summed E-state index contributed by atoms with van der Waals surface area (Å²) >= 11 is 2.09. The van der Waals surface area contributed by atoms with Crippen molar-refractivity contribution in [2.75, 3.05) is 19.3 Å². The van der Waals surface area contributed by atoms with Crippen LogP contribution in [0, 0.1) is 0 Å². The molecule has 2 aliphatic carbocycles. The van der Waals surface area contributed by atoms with Gasteiger partial charge in [-0.15, -0.1) is 0 Å². The van der Waals surface area contributed by atoms with E-state index in [4.69, 9.17) is 0 Å². The van der Waals surface area contributed by atoms with Crippen LogP contribution >= 0.6 is 11.8 Å². The van der Waals surface area contributed by atoms with Gasteiger partial charge in [0, 0.05) is 36.0 Å². The molecule has 19 heavy (non-hydrogen) atoms. The van der Waals surface area contributed by atoms with Gasteiger partial charge in [-0.05, 0) is 45.3 Å². The number of rotatable bonds is 2. The lowest BCUT2D eigenvalue weighted by Crippen LogP contribution is -2.65. The van der Waals surface area contributed by atoms with Crippen LogP contribution in [0.3, 0.4) is 0 Å². The average molecular weight is 282 g/mol. The molecule has 3 fully saturated rings. The zero-order chi connectivity index (χ0) is 13.3. The summed E-state index contributed by atoms with van der Waals surface area (Å²) in [5.74, 6) is 0. The van der Waals surface area contributed by atoms with Gasteiger partial charge in [-0.1, -0.05) is 19.3 Å². The molecule has 3 unspecified atom stereocenters. The summed E-state index contributed by atoms with van der Waals surface area (Å²) in [5.41, 5.74) is 0.474. The normalized spacial score (nSPS) is 39.8. The summed E-state index contributed by atoms with van der Waals surface area (Å²) in [7, 11) is 0. The first-order valence-electron chi connectivity index (χ1n) is 8.26. The van der Waals surface area contributed by atoms with Gasteiger partial charge in [-0.25, -0.2) is 0 Å². The van der Waals surface area contributed by atoms with Gasteiger partial charge < -0.3 is 5.32 Å². The van der Waals surface area contributed by atoms with Crippen LogP contribution in [0.15, 0.2) is 0 Å². The lowest BCUT2D eigenvalue weighted by atomic mass is 9.79. The van der Waals surface area contributed by atoms with E-state index < -0.39 is 0 Å². The van der Waals surface area contributed by atoms with Gasteiger partial charge in [0.2, 0.25) is 0 Å². The molecule has 1 spiro atoms. The zero-order valence-corrected chi connectivity index (χ0v) is 13.5. The molecule has 0 aromatic carbocycles. The Kier molecular flexibility index (Phi) is 4.45. The standard InChI is InChI=1S/C16H30N2S/c1-13-11-17-16(8-4-3-5-9-16)12-18(13)14-6-7-15(10-14)19-2/h13-15,17H,3-12H2,1-2H3. The van der Waals surface area contributed by atoms with E-state index in [1.165, 1.54) is 64.5 Å². The largest absolute Gasteiger partial charge is 0.308 e. The Hall–Kier alpha value is 0.270. The molecule has 3 heteroatoms. The van der Waals surface area contributed by atoms with Gasteiger partial charge in [0.25, 0.3) is 0 Å². The van der Waals surface area contributed by atoms with Crippen molar-refractivity contribution < 1.29 is 0 Å². The quantitative estimate of drug-likeness (QED) is 0.837. The molecular formula is C16H30N2S. The number of hydrogen-bond acceptors (Lipinski definition) is 3. The van der Waals surface area contributed by atoms with Crippen molar-refractivity contribution in [2.45, 2.75) is 81.2 Å². The summed E-state index contributed by atoms with van der Waals surface area (Å²) in [4.78, 5) is 2.87. The fraction of sp³-hybridized carbons (Fsp3) is 1.00. The van der Waals surface area contributed by atoms with E-state index in [2.05, 4.69) is 35.2 Å². The number of thioether (sulfide) groups is 1. The van der Waals surface area contributed by atoms with E-state index in [0.717, 1.165) is 17.3 Å². The Bertz CT molecular complexity index is 301. The van der Waals surface area contributed by atoms with Crippen molar-refractivity contribution in [3.8, 4) is 0 Å². The molecule has 0 aromatic heterocycles. The van der Waals surface area contributed by atoms with Gasteiger partial charge in [-0.2, -0.15) is 11.8 Å². The number of nitrogens with one attached hydrogen (secondary N) is 1. The number of hydrogen-bond donors (Lipinski definition) is 1. The maximum Gasteiger partial charge on any atom is 0.0309 e. The molecule has 3 atom stereocenters. The Morgan fingerprint density at radius 3 is 2.63 bits per heavy atom. The van der Waals surface area contributed by atoms with Crippen molar-refractivity contribution in [1.29, 1.82) is 0 Å². The van der Waals surface area contributed by atoms with E-state index in [-0.39, 0.29) is 0 Å². The van der Waals surface area contributed by atoms with Crippen LogP contribution in [-0.2, 0) is 0 Å². The minimum Gasteiger partial charge on any atom is -0.308 e. The monoisotopic (exact) mass is 282 g/mol. The van der Waals surface area contributed by atoms with E-state index in [1.54, 1.807) is 0 Å². The molecule has 2 saturated carbocycles. The Morgan fingerprint density at radius 2 is 1.95 bits per heavy atom. The Morgan fingerprint density at radius 1 is 1.16 bits per heavy atom. The first kappa shape index (κ1) is 14.2. The highest BCUT2D eigenvalue weighted by atomic mass is 32.2. The molecule has 0 radical (unpaired) electrons. The third-order valence-electron chi connectivity index (χ3n) is 5.79. The summed E-state index contributed by atoms with van der Waals surface area (Å²) in [5, 5.41) is 4.84. The van der Waals surface area contributed by atoms with Crippen molar-refractivity contribution in [3.05, 3.63) is 0 Å². The lowest BCUT2D eigenvalue weighted by Gasteiger charge is -2.51. The molecule has 110 valence electrons. The molecule has 0 aromatic rings. The van der Waals surface area contributed by atoms with Crippen LogP contribution in [0.5, 0.6) is 0 Å². The van der Waals surface area contributed by atoms with Gasteiger partial charge in [-0.3, -0.25) is 4.90 Å². The van der Waals surface area contributed by atoms with Crippen LogP contribution in [0.2, 0.25) is 0 Å². The smallest absolute Gasteiger partial charge is 0.0309 e. The minimum atomic E-state index is 0.474. The lowest BCUT2D eigenvalue weighted by molar-refractivity contribution is 0.0328. The first-order chi connectivity index (χ1) is 9.22. The summed E-state index contributed by atoms with van der Waals surface area (Å²) in [6, 6.07) is 1.60. The van der Waals surface area contributed by atoms with Crippen LogP contribution in [0.25, 0.3) is 0 Å². The molecular weight excluding hydrogens is 252 g/mol. The van der Waals surface area contributed by atoms with E-state index in [1.807, 2.05) is 0 Å². The zero-order valence-electron chi connectivity index (χ0n) is 12.7. The molecule has 1 heterocycles. The average Bonchev–Trinajstić information content (AvgIpc) is 2.92. The second-order valence-electron chi connectivity index (χ2n) is 7.07. The van der Waals surface area contributed by atoms with Gasteiger partial charge in [0.1, 0.15) is 0 Å². The van der Waals surface area contributed by atoms with Crippen molar-refractivity contribution >= 4 is 11.8 Å². The fourth-order valence-electron chi connectivity index (χ4n) is 4.53. The second kappa shape index (κ2) is 5.95. The molecule has 3 aliphatic rings. The topological polar surface area (TPSA) is 15.3 Å². The maximum atomic E-state index is 3.92. The molecule has 0 amide bonds. The number of nitrogens with zero attached hydrogens (tertiary/aromatic N) is 1. The summed E-state index contributed by atoms with van der Waals surface area (Å²) < 4.78 is 0. The van der Waals surface area contributed by atoms with Crippen molar-refractivity contribution in [2.24, 2.45) is 0 Å². The molecule has 1 aliphatic heterocycles. The third kappa shape index (κ3) is 2.98. The molecule has 1 saturated heterocycles. The third-order valence-corrected chi connectivity index (χ3v) is 6.89. The summed E-state index contributed by atoms with van der Waals surface area (Å²) in [6.07, 6.45) is 13.8. The highest BCUT2D eigenvalue weighted by Crippen LogP contribution is 2.37. The van der Waals surface area contributed by atoms with Crippen LogP contribution in [-0.4, -0.2) is 47.1 Å². The van der Waals surface area contributed by atoms with Crippen molar-refractivity contribution in [1.82, 2.24) is 10.2 Å². The van der Waals surface area contributed by atoms with Crippen LogP contribution in [0.4, 0.5) is 0 Å². The number of piperazine rings is 1. The Balaban J connectivity index is 1.66. The highest BCUT2D eigenvalue weighted by molar-refractivity contribution is 7.99. The molecule has 3 rings (SSSR count). The van der Waals surface area contributed by atoms with Gasteiger partial charge >= 0.3 is 0 Å². The van der Waals surface area contributed by atoms with E-state index in [0.29, 0.717) is 5.54 Å². The molecule has 2 nitrogen and oxygen atoms in total. The minimum absolute atomic E-state index is 0.474. The fourth-order valence-corrected chi connectivity index (χ4v) is 5.31. The maximum absolute atomic E-state index is 3.92. The van der Waals surface area contributed by atoms with Crippen molar-refractivity contribution in [3.63, 3.8) is 0 Å². The van der Waals surface area contributed by atoms with Crippen LogP contribution in [0.1, 0.15) is 58.3 Å². The first-order valence-corrected chi connectivity index (χ1v) is 9.55. The second-order valence-corrected chi connectivity index (χ2v) is 8.21. The van der Waals surface area contributed by atoms with Gasteiger partial charge in [0.15, 0.2) is 0 Å². The molecule has 1 N–H and O–H groups in total. The molecule has 0 bridgehead atoms. The summed E-state index contributed by atoms with van der Waals surface area (Å²) in [6.45, 7) is 4.95. The highest BCUT2D eigenvalue weighted by Gasteiger charge is 2.42. The SMILES string of the molecule is CSC1CCC(N2CC3(CCCCC3)NCC2C)C1. The van der Waals surface area contributed by atoms with Crippen LogP contribution < -0.4 is 5.32 Å². The predicted molar refractivity (Wildman–Crippen MR) is 84.9 cm³/mol. The van der Waals surface area contributed by atoms with Gasteiger partial charge in [0.05, 0.1) is 0 Å². The predicted octanol–water partition coefficient (Wildman–Crippen LogP) is 3.27.